The highest BCUT2D eigenvalue weighted by Gasteiger charge is 2.26. The Morgan fingerprint density at radius 3 is 3.16 bits per heavy atom. The van der Waals surface area contributed by atoms with Crippen LogP contribution in [0.2, 0.25) is 0 Å². The van der Waals surface area contributed by atoms with E-state index in [1.165, 1.54) is 12.1 Å². The predicted molar refractivity (Wildman–Crippen MR) is 81.5 cm³/mol. The Morgan fingerprint density at radius 2 is 2.37 bits per heavy atom. The van der Waals surface area contributed by atoms with E-state index in [0.29, 0.717) is 7.41 Å². The van der Waals surface area contributed by atoms with Crippen LogP contribution in [0.3, 0.4) is 0 Å². The molecule has 2 heterocycles. The number of fused-ring (bicyclic) bond motifs is 1. The number of nitrogens with zero attached hydrogens (tertiary/aromatic N) is 3. The Hall–Kier alpha value is -0.955. The van der Waals surface area contributed by atoms with Gasteiger partial charge in [0.25, 0.3) is 7.41 Å². The summed E-state index contributed by atoms with van der Waals surface area (Å²) < 4.78 is 16.1. The smallest absolute Gasteiger partial charge is 0.281 e. The van der Waals surface area contributed by atoms with E-state index in [4.69, 9.17) is 0 Å². The fraction of sp³-hybridized carbons (Fsp3) is 0.333. The van der Waals surface area contributed by atoms with Crippen molar-refractivity contribution < 1.29 is 9.18 Å². The molecule has 0 radical (unpaired) electrons. The summed E-state index contributed by atoms with van der Waals surface area (Å²) in [6, 6.07) is 5.03. The van der Waals surface area contributed by atoms with Gasteiger partial charge in [0, 0.05) is 11.9 Å². The van der Waals surface area contributed by atoms with Crippen molar-refractivity contribution in [1.29, 1.82) is 0 Å². The van der Waals surface area contributed by atoms with Crippen molar-refractivity contribution in [2.45, 2.75) is 12.5 Å². The zero-order valence-electron chi connectivity index (χ0n) is 10.2. The molecule has 98 valence electrons. The van der Waals surface area contributed by atoms with Crippen LogP contribution in [0.4, 0.5) is 4.39 Å². The van der Waals surface area contributed by atoms with E-state index in [1.54, 1.807) is 6.07 Å². The molecule has 0 bridgehead atoms. The van der Waals surface area contributed by atoms with Crippen LogP contribution >= 0.6 is 22.6 Å². The Labute approximate surface area is 124 Å². The molecule has 0 saturated carbocycles. The summed E-state index contributed by atoms with van der Waals surface area (Å²) in [5.74, 6) is -0.237. The molecule has 1 aliphatic heterocycles. The third-order valence-corrected chi connectivity index (χ3v) is 4.35. The predicted octanol–water partition coefficient (Wildman–Crippen LogP) is 1.57. The molecule has 1 aromatic heterocycles. The molecule has 0 spiro atoms. The number of hydrogen-bond donors (Lipinski definition) is 0. The van der Waals surface area contributed by atoms with E-state index < -0.39 is 0 Å². The molecule has 0 N–H and O–H groups in total. The van der Waals surface area contributed by atoms with E-state index in [-0.39, 0.29) is 11.9 Å². The van der Waals surface area contributed by atoms with Gasteiger partial charge in [-0.05, 0) is 53.8 Å². The van der Waals surface area contributed by atoms with E-state index >= 15 is 0 Å². The zero-order chi connectivity index (χ0) is 13.4. The van der Waals surface area contributed by atoms with Crippen molar-refractivity contribution in [2.24, 2.45) is 0 Å². The molecule has 2 aromatic rings. The van der Waals surface area contributed by atoms with Crippen LogP contribution in [0.25, 0.3) is 10.9 Å². The molecule has 1 aromatic carbocycles. The average molecular weight is 371 g/mol. The van der Waals surface area contributed by atoms with E-state index in [2.05, 4.69) is 32.5 Å². The highest BCUT2D eigenvalue weighted by atomic mass is 127. The van der Waals surface area contributed by atoms with E-state index in [0.717, 1.165) is 40.3 Å². The van der Waals surface area contributed by atoms with Gasteiger partial charge < -0.3 is 9.61 Å². The molecule has 3 rings (SSSR count). The van der Waals surface area contributed by atoms with Crippen molar-refractivity contribution in [3.63, 3.8) is 0 Å². The third-order valence-electron chi connectivity index (χ3n) is 3.55. The Bertz CT molecular complexity index is 633. The lowest BCUT2D eigenvalue weighted by Gasteiger charge is -2.13. The molecule has 1 aliphatic rings. The molecular formula is C12H12BFIN3O. The summed E-state index contributed by atoms with van der Waals surface area (Å²) in [5, 5.41) is 5.39. The number of hydrogen-bond acceptors (Lipinski definition) is 3. The largest absolute Gasteiger partial charge is 0.337 e. The first-order chi connectivity index (χ1) is 9.19. The van der Waals surface area contributed by atoms with Gasteiger partial charge in [-0.3, -0.25) is 4.68 Å². The Morgan fingerprint density at radius 1 is 1.53 bits per heavy atom. The van der Waals surface area contributed by atoms with E-state index in [9.17, 15) is 9.18 Å². The van der Waals surface area contributed by atoms with Crippen LogP contribution < -0.4 is 0 Å². The Balaban J connectivity index is 1.95. The number of aromatic nitrogens is 2. The SMILES string of the molecule is O=CBN1CC[C@H](n2nc(I)c3cc(F)ccc32)C1. The lowest BCUT2D eigenvalue weighted by Crippen LogP contribution is -2.27. The summed E-state index contributed by atoms with van der Waals surface area (Å²) in [7, 11) is 0.474. The highest BCUT2D eigenvalue weighted by molar-refractivity contribution is 14.1. The summed E-state index contributed by atoms with van der Waals surface area (Å²) in [6.07, 6.45) is 1.90. The number of halogens is 2. The minimum atomic E-state index is -0.237. The number of rotatable bonds is 3. The summed E-state index contributed by atoms with van der Waals surface area (Å²) >= 11 is 2.14. The van der Waals surface area contributed by atoms with Gasteiger partial charge in [-0.1, -0.05) is 0 Å². The van der Waals surface area contributed by atoms with Crippen LogP contribution in [-0.4, -0.2) is 41.3 Å². The molecule has 19 heavy (non-hydrogen) atoms. The number of benzene rings is 1. The van der Waals surface area contributed by atoms with Crippen LogP contribution in [-0.2, 0) is 4.79 Å². The zero-order valence-corrected chi connectivity index (χ0v) is 12.4. The van der Waals surface area contributed by atoms with Crippen LogP contribution in [0.1, 0.15) is 12.5 Å². The number of carbonyl (C=O) groups excluding carboxylic acids is 1. The first kappa shape index (κ1) is 13.0. The minimum absolute atomic E-state index is 0.237. The summed E-state index contributed by atoms with van der Waals surface area (Å²) in [4.78, 5) is 12.7. The number of carbonyl (C=O) groups is 1. The fourth-order valence-electron chi connectivity index (χ4n) is 2.64. The second-order valence-corrected chi connectivity index (χ2v) is 5.79. The molecule has 0 amide bonds. The van der Waals surface area contributed by atoms with Gasteiger partial charge in [-0.2, -0.15) is 5.10 Å². The molecule has 0 aliphatic carbocycles. The maximum Gasteiger partial charge on any atom is 0.281 e. The van der Waals surface area contributed by atoms with Crippen LogP contribution in [0.5, 0.6) is 0 Å². The van der Waals surface area contributed by atoms with E-state index in [1.807, 2.05) is 4.68 Å². The van der Waals surface area contributed by atoms with Gasteiger partial charge in [0.2, 0.25) is 0 Å². The van der Waals surface area contributed by atoms with Crippen molar-refractivity contribution in [1.82, 2.24) is 14.6 Å². The van der Waals surface area contributed by atoms with Crippen LogP contribution in [0, 0.1) is 9.52 Å². The van der Waals surface area contributed by atoms with Crippen molar-refractivity contribution in [3.05, 3.63) is 27.7 Å². The monoisotopic (exact) mass is 371 g/mol. The first-order valence-corrected chi connectivity index (χ1v) is 7.26. The Kier molecular flexibility index (Phi) is 3.57. The maximum absolute atomic E-state index is 13.3. The molecule has 1 fully saturated rings. The molecule has 0 unspecified atom stereocenters. The van der Waals surface area contributed by atoms with Gasteiger partial charge >= 0.3 is 0 Å². The molecule has 1 saturated heterocycles. The topological polar surface area (TPSA) is 38.1 Å². The normalized spacial score (nSPS) is 20.0. The van der Waals surface area contributed by atoms with Gasteiger partial charge in [-0.25, -0.2) is 4.39 Å². The average Bonchev–Trinajstić information content (AvgIpc) is 2.96. The van der Waals surface area contributed by atoms with Gasteiger partial charge in [0.05, 0.1) is 17.7 Å². The van der Waals surface area contributed by atoms with Crippen molar-refractivity contribution >= 4 is 47.1 Å². The van der Waals surface area contributed by atoms with Gasteiger partial charge in [-0.15, -0.1) is 0 Å². The second kappa shape index (κ2) is 5.20. The van der Waals surface area contributed by atoms with Crippen LogP contribution in [0.15, 0.2) is 18.2 Å². The molecular weight excluding hydrogens is 359 g/mol. The minimum Gasteiger partial charge on any atom is -0.337 e. The second-order valence-electron chi connectivity index (χ2n) is 4.77. The summed E-state index contributed by atoms with van der Waals surface area (Å²) in [6.45, 7) is 1.73. The highest BCUT2D eigenvalue weighted by Crippen LogP contribution is 2.28. The van der Waals surface area contributed by atoms with Crippen molar-refractivity contribution in [2.75, 3.05) is 13.1 Å². The maximum atomic E-state index is 13.3. The third kappa shape index (κ3) is 2.41. The quantitative estimate of drug-likeness (QED) is 0.467. The molecule has 7 heteroatoms. The fourth-order valence-corrected chi connectivity index (χ4v) is 3.30. The molecule has 4 nitrogen and oxygen atoms in total. The summed E-state index contributed by atoms with van der Waals surface area (Å²) in [5.41, 5.74) is 0.962. The standard InChI is InChI=1S/C12H12BFIN3O/c14-8-1-2-11-10(5-8)12(15)16-18(11)9-3-4-17(6-9)13-7-19/h1-2,5,7,9,13H,3-4,6H2/t9-/m0/s1. The lowest BCUT2D eigenvalue weighted by molar-refractivity contribution is 0.464. The van der Waals surface area contributed by atoms with Gasteiger partial charge in [0.1, 0.15) is 9.52 Å². The molecule has 1 atom stereocenters. The lowest BCUT2D eigenvalue weighted by atomic mass is 9.96. The first-order valence-electron chi connectivity index (χ1n) is 6.18. The van der Waals surface area contributed by atoms with Gasteiger partial charge in [0.15, 0.2) is 0 Å². The van der Waals surface area contributed by atoms with Crippen molar-refractivity contribution in [3.8, 4) is 0 Å².